The lowest BCUT2D eigenvalue weighted by atomic mass is 9.87. The van der Waals surface area contributed by atoms with Crippen molar-refractivity contribution in [2.24, 2.45) is 5.92 Å². The second kappa shape index (κ2) is 9.05. The average molecular weight is 329 g/mol. The Hall–Kier alpha value is -1.58. The molecule has 1 N–H and O–H groups in total. The van der Waals surface area contributed by atoms with Gasteiger partial charge in [0.2, 0.25) is 0 Å². The maximum atomic E-state index is 6.21. The minimum Gasteiger partial charge on any atom is -0.474 e. The van der Waals surface area contributed by atoms with Gasteiger partial charge in [0.25, 0.3) is 0 Å². The van der Waals surface area contributed by atoms with Crippen molar-refractivity contribution in [3.05, 3.63) is 60.6 Å². The Morgan fingerprint density at radius 1 is 1.25 bits per heavy atom. The van der Waals surface area contributed by atoms with E-state index in [2.05, 4.69) is 63.0 Å². The maximum absolute atomic E-state index is 6.21. The molecule has 1 fully saturated rings. The van der Waals surface area contributed by atoms with Crippen LogP contribution in [0.4, 0.5) is 0 Å². The van der Waals surface area contributed by atoms with Crippen molar-refractivity contribution in [3.63, 3.8) is 0 Å². The number of hydrogen-bond donors (Lipinski definition) is 1. The van der Waals surface area contributed by atoms with Crippen LogP contribution in [0.2, 0.25) is 0 Å². The molecule has 3 heteroatoms. The van der Waals surface area contributed by atoms with Gasteiger partial charge in [-0.1, -0.05) is 51.6 Å². The number of piperidine rings is 1. The highest BCUT2D eigenvalue weighted by Gasteiger charge is 2.24. The zero-order chi connectivity index (χ0) is 17.4. The van der Waals surface area contributed by atoms with Crippen LogP contribution in [-0.4, -0.2) is 19.2 Å². The number of allylic oxidation sites excluding steroid dienone is 1. The second-order valence-electron chi connectivity index (χ2n) is 7.46. The van der Waals surface area contributed by atoms with Crippen LogP contribution in [-0.2, 0) is 21.5 Å². The van der Waals surface area contributed by atoms with Crippen LogP contribution in [0.15, 0.2) is 49.4 Å². The molecule has 0 spiro atoms. The first-order valence-corrected chi connectivity index (χ1v) is 8.84. The summed E-state index contributed by atoms with van der Waals surface area (Å²) in [6.45, 7) is 12.9. The molecule has 1 aliphatic heterocycles. The quantitative estimate of drug-likeness (QED) is 0.745. The minimum absolute atomic E-state index is 0.192. The smallest absolute Gasteiger partial charge is 0.0861 e. The van der Waals surface area contributed by atoms with Crippen molar-refractivity contribution >= 4 is 0 Å². The summed E-state index contributed by atoms with van der Waals surface area (Å²) >= 11 is 0. The molecule has 1 saturated heterocycles. The third-order valence-electron chi connectivity index (χ3n) is 4.56. The van der Waals surface area contributed by atoms with Crippen LogP contribution in [0.5, 0.6) is 0 Å². The van der Waals surface area contributed by atoms with E-state index in [4.69, 9.17) is 9.47 Å². The first-order valence-electron chi connectivity index (χ1n) is 8.84. The highest BCUT2D eigenvalue weighted by molar-refractivity contribution is 5.27. The number of hydrogen-bond acceptors (Lipinski definition) is 3. The molecular formula is C21H31NO2. The molecule has 24 heavy (non-hydrogen) atoms. The van der Waals surface area contributed by atoms with Crippen LogP contribution >= 0.6 is 0 Å². The van der Waals surface area contributed by atoms with Crippen LogP contribution < -0.4 is 5.32 Å². The number of benzene rings is 1. The lowest BCUT2D eigenvalue weighted by Gasteiger charge is -2.31. The van der Waals surface area contributed by atoms with Gasteiger partial charge in [0.15, 0.2) is 0 Å². The van der Waals surface area contributed by atoms with Gasteiger partial charge in [-0.2, -0.15) is 0 Å². The minimum atomic E-state index is 0.192. The van der Waals surface area contributed by atoms with Crippen molar-refractivity contribution in [2.75, 3.05) is 13.1 Å². The molecule has 1 unspecified atom stereocenters. The zero-order valence-corrected chi connectivity index (χ0v) is 15.3. The Balaban J connectivity index is 1.87. The van der Waals surface area contributed by atoms with E-state index in [0.29, 0.717) is 12.5 Å². The van der Waals surface area contributed by atoms with Crippen LogP contribution in [0.25, 0.3) is 0 Å². The third-order valence-corrected chi connectivity index (χ3v) is 4.56. The highest BCUT2D eigenvalue weighted by Crippen LogP contribution is 2.24. The Bertz CT molecular complexity index is 528. The van der Waals surface area contributed by atoms with Gasteiger partial charge in [-0.25, -0.2) is 0 Å². The number of ether oxygens (including phenoxy) is 2. The molecule has 2 rings (SSSR count). The molecule has 0 aliphatic carbocycles. The van der Waals surface area contributed by atoms with Gasteiger partial charge in [0, 0.05) is 6.54 Å². The predicted molar refractivity (Wildman–Crippen MR) is 99.7 cm³/mol. The lowest BCUT2D eigenvalue weighted by Crippen LogP contribution is -2.42. The SMILES string of the molecule is C=CO/C=C\CC1CCNC[C@@H]1OCc1ccc(C(C)(C)C)cc1. The second-order valence-corrected chi connectivity index (χ2v) is 7.46. The fourth-order valence-electron chi connectivity index (χ4n) is 2.99. The number of rotatable bonds is 7. The van der Waals surface area contributed by atoms with E-state index in [1.165, 1.54) is 17.4 Å². The largest absolute Gasteiger partial charge is 0.474 e. The van der Waals surface area contributed by atoms with Gasteiger partial charge in [0.1, 0.15) is 0 Å². The van der Waals surface area contributed by atoms with E-state index in [1.54, 1.807) is 6.26 Å². The van der Waals surface area contributed by atoms with Gasteiger partial charge >= 0.3 is 0 Å². The molecule has 0 saturated carbocycles. The molecule has 1 aliphatic rings. The molecule has 1 aromatic rings. The summed E-state index contributed by atoms with van der Waals surface area (Å²) in [4.78, 5) is 0. The predicted octanol–water partition coefficient (Wildman–Crippen LogP) is 4.54. The Morgan fingerprint density at radius 2 is 2.00 bits per heavy atom. The van der Waals surface area contributed by atoms with Crippen molar-refractivity contribution in [2.45, 2.75) is 51.7 Å². The van der Waals surface area contributed by atoms with Gasteiger partial charge in [-0.15, -0.1) is 0 Å². The van der Waals surface area contributed by atoms with Crippen molar-refractivity contribution in [1.82, 2.24) is 5.32 Å². The van der Waals surface area contributed by atoms with Crippen LogP contribution in [0, 0.1) is 5.92 Å². The monoisotopic (exact) mass is 329 g/mol. The normalized spacial score (nSPS) is 21.8. The Labute approximate surface area is 146 Å². The van der Waals surface area contributed by atoms with E-state index < -0.39 is 0 Å². The van der Waals surface area contributed by atoms with Gasteiger partial charge in [-0.3, -0.25) is 0 Å². The van der Waals surface area contributed by atoms with Gasteiger partial charge in [-0.05, 0) is 47.9 Å². The van der Waals surface area contributed by atoms with Crippen molar-refractivity contribution in [3.8, 4) is 0 Å². The van der Waals surface area contributed by atoms with E-state index in [9.17, 15) is 0 Å². The summed E-state index contributed by atoms with van der Waals surface area (Å²) in [6.07, 6.45) is 7.56. The lowest BCUT2D eigenvalue weighted by molar-refractivity contribution is -0.0114. The number of nitrogens with one attached hydrogen (secondary N) is 1. The van der Waals surface area contributed by atoms with E-state index in [1.807, 2.05) is 0 Å². The summed E-state index contributed by atoms with van der Waals surface area (Å²) in [5, 5.41) is 3.44. The molecule has 0 aromatic heterocycles. The summed E-state index contributed by atoms with van der Waals surface area (Å²) in [7, 11) is 0. The summed E-state index contributed by atoms with van der Waals surface area (Å²) in [6, 6.07) is 8.79. The topological polar surface area (TPSA) is 30.5 Å². The molecule has 2 atom stereocenters. The third kappa shape index (κ3) is 5.81. The van der Waals surface area contributed by atoms with E-state index in [-0.39, 0.29) is 11.5 Å². The Morgan fingerprint density at radius 3 is 2.67 bits per heavy atom. The molecule has 1 aromatic carbocycles. The standard InChI is InChI=1S/C21H31NO2/c1-5-23-14-6-7-18-12-13-22-15-20(18)24-16-17-8-10-19(11-9-17)21(2,3)4/h5-6,8-11,14,18,20,22H,1,7,12-13,15-16H2,2-4H3/b14-6-/t18?,20-/m0/s1. The summed E-state index contributed by atoms with van der Waals surface area (Å²) < 4.78 is 11.3. The first-order chi connectivity index (χ1) is 11.5. The molecule has 132 valence electrons. The molecule has 0 radical (unpaired) electrons. The van der Waals surface area contributed by atoms with Crippen LogP contribution in [0.1, 0.15) is 44.7 Å². The van der Waals surface area contributed by atoms with Crippen molar-refractivity contribution < 1.29 is 9.47 Å². The van der Waals surface area contributed by atoms with Gasteiger partial charge < -0.3 is 14.8 Å². The molecule has 3 nitrogen and oxygen atoms in total. The molecule has 0 amide bonds. The van der Waals surface area contributed by atoms with Crippen LogP contribution in [0.3, 0.4) is 0 Å². The molecule has 0 bridgehead atoms. The zero-order valence-electron chi connectivity index (χ0n) is 15.3. The summed E-state index contributed by atoms with van der Waals surface area (Å²) in [5.41, 5.74) is 2.78. The molecular weight excluding hydrogens is 298 g/mol. The summed E-state index contributed by atoms with van der Waals surface area (Å²) in [5.74, 6) is 0.532. The Kier molecular flexibility index (Phi) is 7.07. The maximum Gasteiger partial charge on any atom is 0.0861 e. The first kappa shape index (κ1) is 18.8. The molecule has 1 heterocycles. The fraction of sp³-hybridized carbons (Fsp3) is 0.524. The fourth-order valence-corrected chi connectivity index (χ4v) is 2.99. The van der Waals surface area contributed by atoms with E-state index in [0.717, 1.165) is 25.9 Å². The van der Waals surface area contributed by atoms with Gasteiger partial charge in [0.05, 0.1) is 25.2 Å². The average Bonchev–Trinajstić information content (AvgIpc) is 2.57. The van der Waals surface area contributed by atoms with E-state index >= 15 is 0 Å². The highest BCUT2D eigenvalue weighted by atomic mass is 16.5. The van der Waals surface area contributed by atoms with Crippen molar-refractivity contribution in [1.29, 1.82) is 0 Å².